The Kier molecular flexibility index (Phi) is 6.14. The molecule has 0 N–H and O–H groups in total. The molecule has 0 bridgehead atoms. The second kappa shape index (κ2) is 10.3. The van der Waals surface area contributed by atoms with E-state index in [-0.39, 0.29) is 12.0 Å². The minimum absolute atomic E-state index is 0.109. The molecule has 0 fully saturated rings. The highest BCUT2D eigenvalue weighted by molar-refractivity contribution is 6.09. The number of aromatic nitrogens is 3. The van der Waals surface area contributed by atoms with Gasteiger partial charge < -0.3 is 4.42 Å². The Bertz CT molecular complexity index is 2430. The molecule has 47 heavy (non-hydrogen) atoms. The molecule has 4 heteroatoms. The first-order chi connectivity index (χ1) is 22.9. The summed E-state index contributed by atoms with van der Waals surface area (Å²) >= 11 is 0. The highest BCUT2D eigenvalue weighted by Gasteiger charge is 2.46. The first-order valence-electron chi connectivity index (χ1n) is 16.6. The summed E-state index contributed by atoms with van der Waals surface area (Å²) in [6.45, 7) is 13.6. The van der Waals surface area contributed by atoms with Gasteiger partial charge in [0.1, 0.15) is 5.92 Å². The first-order valence-corrected chi connectivity index (χ1v) is 16.6. The Balaban J connectivity index is 1.32. The minimum Gasteiger partial charge on any atom is -0.437 e. The van der Waals surface area contributed by atoms with Gasteiger partial charge in [-0.15, -0.1) is 0 Å². The van der Waals surface area contributed by atoms with Gasteiger partial charge in [-0.3, -0.25) is 0 Å². The monoisotopic (exact) mass is 611 g/mol. The molecule has 2 aliphatic rings. The molecule has 2 unspecified atom stereocenters. The van der Waals surface area contributed by atoms with Crippen LogP contribution in [-0.4, -0.2) is 4.98 Å². The first kappa shape index (κ1) is 27.9. The topological polar surface area (TPSA) is 33.8 Å². The fourth-order valence-corrected chi connectivity index (χ4v) is 8.42. The maximum Gasteiger partial charge on any atom is 0.227 e. The fraction of sp³-hybridized carbons (Fsp3) is 0.186. The van der Waals surface area contributed by atoms with Crippen LogP contribution in [0.3, 0.4) is 0 Å². The summed E-state index contributed by atoms with van der Waals surface area (Å²) in [5.74, 6) is 0.109. The summed E-state index contributed by atoms with van der Waals surface area (Å²) in [5.41, 5.74) is 17.1. The summed E-state index contributed by atoms with van der Waals surface area (Å²) in [4.78, 5) is 5.13. The maximum absolute atomic E-state index is 6.86. The van der Waals surface area contributed by atoms with Gasteiger partial charge in [0.05, 0.1) is 16.8 Å². The van der Waals surface area contributed by atoms with E-state index in [0.717, 1.165) is 51.8 Å². The number of pyridine rings is 3. The van der Waals surface area contributed by atoms with Gasteiger partial charge in [0.25, 0.3) is 0 Å². The molecule has 0 amide bonds. The Morgan fingerprint density at radius 3 is 2.36 bits per heavy atom. The average molecular weight is 612 g/mol. The summed E-state index contributed by atoms with van der Waals surface area (Å²) in [7, 11) is 0. The van der Waals surface area contributed by atoms with Gasteiger partial charge in [-0.2, -0.15) is 9.13 Å². The number of nitrogens with zero attached hydrogens (tertiary/aromatic N) is 3. The van der Waals surface area contributed by atoms with E-state index in [9.17, 15) is 0 Å². The molecule has 0 spiro atoms. The van der Waals surface area contributed by atoms with Crippen molar-refractivity contribution in [2.45, 2.75) is 52.5 Å². The highest BCUT2D eigenvalue weighted by atomic mass is 16.3. The van der Waals surface area contributed by atoms with Crippen LogP contribution in [0.5, 0.6) is 0 Å². The number of aryl methyl sites for hydroxylation is 4. The van der Waals surface area contributed by atoms with Crippen LogP contribution in [0.2, 0.25) is 0 Å². The van der Waals surface area contributed by atoms with Crippen LogP contribution in [0.25, 0.3) is 61.5 Å². The molecule has 7 aromatic rings. The van der Waals surface area contributed by atoms with Crippen molar-refractivity contribution in [3.8, 4) is 33.8 Å². The predicted molar refractivity (Wildman–Crippen MR) is 189 cm³/mol. The Morgan fingerprint density at radius 2 is 1.51 bits per heavy atom. The van der Waals surface area contributed by atoms with Gasteiger partial charge >= 0.3 is 0 Å². The second-order valence-corrected chi connectivity index (χ2v) is 13.4. The van der Waals surface area contributed by atoms with Crippen LogP contribution in [0.1, 0.15) is 51.9 Å². The third-order valence-corrected chi connectivity index (χ3v) is 10.8. The molecular weight excluding hydrogens is 574 g/mol. The van der Waals surface area contributed by atoms with E-state index in [4.69, 9.17) is 16.0 Å². The van der Waals surface area contributed by atoms with Crippen molar-refractivity contribution in [3.05, 3.63) is 143 Å². The number of fused-ring (bicyclic) bond motifs is 13. The molecule has 0 saturated heterocycles. The molecule has 228 valence electrons. The molecule has 4 aromatic heterocycles. The Labute approximate surface area is 275 Å². The van der Waals surface area contributed by atoms with E-state index < -0.39 is 0 Å². The SMILES string of the molecule is C=C1C2c3ccccc3-c3cccc[n+]3C2CCc2ccc3c(oc4nc(-c5c(C)cccc5C)ccc43)c2-c2ccc(C)c(C)[n+]21. The fourth-order valence-electron chi connectivity index (χ4n) is 8.42. The molecule has 9 rings (SSSR count). The van der Waals surface area contributed by atoms with E-state index in [1.165, 1.54) is 50.3 Å². The summed E-state index contributed by atoms with van der Waals surface area (Å²) < 4.78 is 11.8. The number of furan rings is 1. The standard InChI is InChI=1S/C43H37N3O/c1-25-16-22-38-41-30(17-19-33-34-20-21-35(44-43(34)47-42(33)41)39-26(2)11-10-12-27(39)3)18-23-37-40(29(5)46(38)28(25)4)32-14-7-6-13-31(32)36-15-8-9-24-45(36)37/h6-17,19-22,24,37,40H,5,18,23H2,1-4H3/q+2. The number of hydrogen-bond donors (Lipinski definition) is 0. The lowest BCUT2D eigenvalue weighted by molar-refractivity contribution is -0.720. The van der Waals surface area contributed by atoms with Crippen molar-refractivity contribution in [2.75, 3.05) is 0 Å². The Morgan fingerprint density at radius 1 is 0.723 bits per heavy atom. The van der Waals surface area contributed by atoms with Crippen LogP contribution in [0.15, 0.2) is 114 Å². The van der Waals surface area contributed by atoms with Crippen LogP contribution in [0, 0.1) is 27.7 Å². The predicted octanol–water partition coefficient (Wildman–Crippen LogP) is 9.55. The Hall–Kier alpha value is -5.35. The quantitative estimate of drug-likeness (QED) is 0.173. The number of benzene rings is 3. The lowest BCUT2D eigenvalue weighted by atomic mass is 9.79. The van der Waals surface area contributed by atoms with Gasteiger partial charge in [-0.05, 0) is 86.4 Å². The summed E-state index contributed by atoms with van der Waals surface area (Å²) in [6.07, 6.45) is 4.14. The molecule has 0 radical (unpaired) electrons. The minimum atomic E-state index is 0.109. The zero-order valence-corrected chi connectivity index (χ0v) is 27.3. The number of hydrogen-bond acceptors (Lipinski definition) is 2. The molecule has 2 aliphatic heterocycles. The van der Waals surface area contributed by atoms with Gasteiger partial charge in [0.2, 0.25) is 17.1 Å². The molecule has 0 saturated carbocycles. The summed E-state index contributed by atoms with van der Waals surface area (Å²) in [5, 5.41) is 2.13. The molecule has 0 aliphatic carbocycles. The second-order valence-electron chi connectivity index (χ2n) is 13.4. The van der Waals surface area contributed by atoms with Crippen LogP contribution >= 0.6 is 0 Å². The summed E-state index contributed by atoms with van der Waals surface area (Å²) in [6, 6.07) is 35.5. The van der Waals surface area contributed by atoms with Crippen molar-refractivity contribution in [3.63, 3.8) is 0 Å². The van der Waals surface area contributed by atoms with Crippen molar-refractivity contribution in [2.24, 2.45) is 0 Å². The number of rotatable bonds is 1. The van der Waals surface area contributed by atoms with E-state index in [1.807, 2.05) is 0 Å². The van der Waals surface area contributed by atoms with Gasteiger partial charge in [-0.25, -0.2) is 4.98 Å². The third-order valence-electron chi connectivity index (χ3n) is 10.8. The van der Waals surface area contributed by atoms with Gasteiger partial charge in [0, 0.05) is 53.4 Å². The zero-order chi connectivity index (χ0) is 32.0. The highest BCUT2D eigenvalue weighted by Crippen LogP contribution is 2.47. The largest absolute Gasteiger partial charge is 0.437 e. The van der Waals surface area contributed by atoms with Crippen LogP contribution in [-0.2, 0) is 6.42 Å². The maximum atomic E-state index is 6.86. The molecule has 2 atom stereocenters. The van der Waals surface area contributed by atoms with Gasteiger partial charge in [-0.1, -0.05) is 48.5 Å². The average Bonchev–Trinajstić information content (AvgIpc) is 3.47. The normalized spacial score (nSPS) is 16.8. The third kappa shape index (κ3) is 4.04. The van der Waals surface area contributed by atoms with E-state index in [0.29, 0.717) is 5.71 Å². The smallest absolute Gasteiger partial charge is 0.227 e. The van der Waals surface area contributed by atoms with E-state index in [1.54, 1.807) is 0 Å². The molecule has 4 nitrogen and oxygen atoms in total. The van der Waals surface area contributed by atoms with Crippen molar-refractivity contribution in [1.82, 2.24) is 4.98 Å². The number of allylic oxidation sites excluding steroid dienone is 1. The molecule has 3 aromatic carbocycles. The van der Waals surface area contributed by atoms with Crippen molar-refractivity contribution in [1.29, 1.82) is 0 Å². The lowest BCUT2D eigenvalue weighted by Gasteiger charge is -2.29. The lowest BCUT2D eigenvalue weighted by Crippen LogP contribution is -2.51. The molecular formula is C43H37N3O+2. The van der Waals surface area contributed by atoms with E-state index >= 15 is 0 Å². The van der Waals surface area contributed by atoms with Crippen molar-refractivity contribution >= 4 is 27.8 Å². The van der Waals surface area contributed by atoms with Crippen LogP contribution < -0.4 is 9.13 Å². The zero-order valence-electron chi connectivity index (χ0n) is 27.3. The van der Waals surface area contributed by atoms with Gasteiger partial charge in [0.15, 0.2) is 29.2 Å². The van der Waals surface area contributed by atoms with Crippen LogP contribution in [0.4, 0.5) is 0 Å². The van der Waals surface area contributed by atoms with E-state index in [2.05, 4.69) is 140 Å². The van der Waals surface area contributed by atoms with Crippen molar-refractivity contribution < 1.29 is 13.6 Å². The molecule has 6 heterocycles.